The summed E-state index contributed by atoms with van der Waals surface area (Å²) in [4.78, 5) is 30.1. The molecule has 2 N–H and O–H groups in total. The predicted molar refractivity (Wildman–Crippen MR) is 151 cm³/mol. The number of carbonyl (C=O) groups excluding carboxylic acids is 1. The molecule has 1 aliphatic rings. The number of amides is 1. The minimum absolute atomic E-state index is 0.150. The molecule has 2 aromatic heterocycles. The van der Waals surface area contributed by atoms with Crippen LogP contribution in [0.5, 0.6) is 17.2 Å². The summed E-state index contributed by atoms with van der Waals surface area (Å²) in [7, 11) is 4.62. The fourth-order valence-electron chi connectivity index (χ4n) is 4.14. The first kappa shape index (κ1) is 27.6. The number of aliphatic imine (C=N–C) groups is 1. The monoisotopic (exact) mass is 553 g/mol. The van der Waals surface area contributed by atoms with Crippen LogP contribution in [-0.2, 0) is 0 Å². The van der Waals surface area contributed by atoms with E-state index in [1.165, 1.54) is 13.4 Å². The number of anilines is 2. The Hall–Kier alpha value is -4.39. The van der Waals surface area contributed by atoms with Crippen LogP contribution in [0.15, 0.2) is 46.0 Å². The van der Waals surface area contributed by atoms with Crippen molar-refractivity contribution in [3.63, 3.8) is 0 Å². The normalized spacial score (nSPS) is 13.6. The zero-order valence-electron chi connectivity index (χ0n) is 22.5. The van der Waals surface area contributed by atoms with Crippen LogP contribution in [0.1, 0.15) is 21.9 Å². The average Bonchev–Trinajstić information content (AvgIpc) is 3.46. The van der Waals surface area contributed by atoms with Crippen LogP contribution < -0.4 is 24.8 Å². The van der Waals surface area contributed by atoms with Crippen molar-refractivity contribution < 1.29 is 23.4 Å². The number of piperazine rings is 1. The summed E-state index contributed by atoms with van der Waals surface area (Å²) in [5.41, 5.74) is 2.24. The number of hydrogen-bond donors (Lipinski definition) is 2. The summed E-state index contributed by atoms with van der Waals surface area (Å²) < 4.78 is 21.5. The van der Waals surface area contributed by atoms with E-state index in [-0.39, 0.29) is 11.0 Å². The number of nitrogens with zero attached hydrogens (tertiary/aromatic N) is 5. The molecule has 3 heterocycles. The zero-order valence-corrected chi connectivity index (χ0v) is 23.3. The number of carbonyl (C=O) groups is 1. The Morgan fingerprint density at radius 1 is 0.949 bits per heavy atom. The Kier molecular flexibility index (Phi) is 8.81. The van der Waals surface area contributed by atoms with Gasteiger partial charge >= 0.3 is 0 Å². The number of aromatic nitrogens is 2. The molecule has 0 bridgehead atoms. The van der Waals surface area contributed by atoms with Crippen molar-refractivity contribution in [2.75, 3.05) is 58.1 Å². The van der Waals surface area contributed by atoms with Gasteiger partial charge in [0, 0.05) is 55.4 Å². The van der Waals surface area contributed by atoms with E-state index in [1.807, 2.05) is 24.8 Å². The lowest BCUT2D eigenvalue weighted by Crippen LogP contribution is -2.52. The number of hydrogen-bond acceptors (Lipinski definition) is 8. The molecule has 0 aliphatic carbocycles. The lowest BCUT2D eigenvalue weighted by atomic mass is 10.2. The van der Waals surface area contributed by atoms with Crippen molar-refractivity contribution >= 4 is 40.8 Å². The predicted octanol–water partition coefficient (Wildman–Crippen LogP) is 3.34. The van der Waals surface area contributed by atoms with Crippen molar-refractivity contribution in [3.05, 3.63) is 53.7 Å². The number of methoxy groups -OCH3 is 3. The molecule has 1 aromatic carbocycles. The van der Waals surface area contributed by atoms with Crippen LogP contribution >= 0.6 is 12.2 Å². The molecule has 1 amide bonds. The van der Waals surface area contributed by atoms with E-state index in [1.54, 1.807) is 43.4 Å². The minimum Gasteiger partial charge on any atom is -0.493 e. The third-order valence-corrected chi connectivity index (χ3v) is 6.12. The highest BCUT2D eigenvalue weighted by molar-refractivity contribution is 7.80. The maximum Gasteiger partial charge on any atom is 0.289 e. The number of benzene rings is 1. The van der Waals surface area contributed by atoms with E-state index in [0.29, 0.717) is 66.8 Å². The average molecular weight is 554 g/mol. The zero-order chi connectivity index (χ0) is 27.9. The van der Waals surface area contributed by atoms with Crippen LogP contribution in [0.2, 0.25) is 0 Å². The van der Waals surface area contributed by atoms with E-state index >= 15 is 0 Å². The highest BCUT2D eigenvalue weighted by Crippen LogP contribution is 2.40. The van der Waals surface area contributed by atoms with Crippen molar-refractivity contribution in [2.24, 2.45) is 4.99 Å². The molecule has 4 rings (SSSR count). The molecule has 12 nitrogen and oxygen atoms in total. The van der Waals surface area contributed by atoms with Gasteiger partial charge in [-0.05, 0) is 44.3 Å². The standard InChI is InChI=1S/C26H31N7O5S/c1-16-13-17(2)28-24(27-16)30-25(33-10-8-32(9-11-33)23(34)19-7-6-12-38-19)31-26(39)29-18-14-20(35-3)22(37-5)21(15-18)36-4/h6-7,12-15H,8-11H2,1-5H3,(H2,27,28,29,30,31,39). The van der Waals surface area contributed by atoms with Crippen molar-refractivity contribution in [1.29, 1.82) is 0 Å². The summed E-state index contributed by atoms with van der Waals surface area (Å²) in [5, 5.41) is 6.51. The Morgan fingerprint density at radius 2 is 1.56 bits per heavy atom. The van der Waals surface area contributed by atoms with Crippen LogP contribution in [-0.4, -0.2) is 84.3 Å². The third-order valence-electron chi connectivity index (χ3n) is 5.93. The molecule has 13 heteroatoms. The number of rotatable bonds is 6. The number of furan rings is 1. The summed E-state index contributed by atoms with van der Waals surface area (Å²) in [6, 6.07) is 8.72. The second kappa shape index (κ2) is 12.4. The van der Waals surface area contributed by atoms with Gasteiger partial charge in [-0.15, -0.1) is 0 Å². The molecule has 0 spiro atoms. The summed E-state index contributed by atoms with van der Waals surface area (Å²) in [6.07, 6.45) is 1.49. The fraction of sp³-hybridized carbons (Fsp3) is 0.346. The molecular formula is C26H31N7O5S. The molecule has 206 valence electrons. The molecule has 1 fully saturated rings. The smallest absolute Gasteiger partial charge is 0.289 e. The van der Waals surface area contributed by atoms with Crippen LogP contribution in [0.25, 0.3) is 0 Å². The quantitative estimate of drug-likeness (QED) is 0.265. The van der Waals surface area contributed by atoms with Gasteiger partial charge in [-0.1, -0.05) is 0 Å². The van der Waals surface area contributed by atoms with E-state index in [4.69, 9.17) is 30.8 Å². The maximum atomic E-state index is 12.7. The summed E-state index contributed by atoms with van der Waals surface area (Å²) >= 11 is 5.59. The van der Waals surface area contributed by atoms with Gasteiger partial charge in [0.25, 0.3) is 5.91 Å². The van der Waals surface area contributed by atoms with Gasteiger partial charge in [-0.25, -0.2) is 9.97 Å². The molecule has 0 radical (unpaired) electrons. The second-order valence-corrected chi connectivity index (χ2v) is 9.02. The molecule has 1 saturated heterocycles. The molecule has 0 atom stereocenters. The maximum absolute atomic E-state index is 12.7. The van der Waals surface area contributed by atoms with Gasteiger partial charge in [0.2, 0.25) is 22.8 Å². The van der Waals surface area contributed by atoms with Gasteiger partial charge < -0.3 is 33.7 Å². The first-order valence-corrected chi connectivity index (χ1v) is 12.6. The van der Waals surface area contributed by atoms with Crippen LogP contribution in [0.4, 0.5) is 11.6 Å². The van der Waals surface area contributed by atoms with Crippen LogP contribution in [0.3, 0.4) is 0 Å². The molecule has 39 heavy (non-hydrogen) atoms. The first-order valence-electron chi connectivity index (χ1n) is 12.2. The largest absolute Gasteiger partial charge is 0.493 e. The highest BCUT2D eigenvalue weighted by Gasteiger charge is 2.26. The lowest BCUT2D eigenvalue weighted by molar-refractivity contribution is 0.0660. The number of ether oxygens (including phenoxy) is 3. The molecule has 1 aliphatic heterocycles. The number of thiocarbonyl (C=S) groups is 1. The number of guanidine groups is 1. The number of aryl methyl sites for hydroxylation is 2. The highest BCUT2D eigenvalue weighted by atomic mass is 32.1. The topological polar surface area (TPSA) is 127 Å². The second-order valence-electron chi connectivity index (χ2n) is 8.64. The van der Waals surface area contributed by atoms with Crippen molar-refractivity contribution in [1.82, 2.24) is 19.8 Å². The van der Waals surface area contributed by atoms with Crippen molar-refractivity contribution in [2.45, 2.75) is 13.8 Å². The lowest BCUT2D eigenvalue weighted by Gasteiger charge is -2.36. The number of nitrogens with one attached hydrogen (secondary N) is 2. The summed E-state index contributed by atoms with van der Waals surface area (Å²) in [6.45, 7) is 5.76. The van der Waals surface area contributed by atoms with Crippen LogP contribution in [0, 0.1) is 13.8 Å². The van der Waals surface area contributed by atoms with Gasteiger partial charge in [0.1, 0.15) is 0 Å². The first-order chi connectivity index (χ1) is 18.8. The molecule has 0 saturated carbocycles. The molecule has 0 unspecified atom stereocenters. The molecule has 3 aromatic rings. The van der Waals surface area contributed by atoms with Gasteiger partial charge in [0.15, 0.2) is 17.3 Å². The van der Waals surface area contributed by atoms with E-state index < -0.39 is 0 Å². The SMILES string of the molecule is COc1cc(NC(=S)/N=C(/Nc2nc(C)cc(C)n2)N2CCN(C(=O)c3ccco3)CC2)cc(OC)c1OC. The van der Waals surface area contributed by atoms with E-state index in [2.05, 4.69) is 25.6 Å². The van der Waals surface area contributed by atoms with Gasteiger partial charge in [0.05, 0.1) is 27.6 Å². The Labute approximate surface area is 232 Å². The third kappa shape index (κ3) is 6.74. The van der Waals surface area contributed by atoms with E-state index in [9.17, 15) is 4.79 Å². The Balaban J connectivity index is 1.56. The van der Waals surface area contributed by atoms with E-state index in [0.717, 1.165) is 11.4 Å². The van der Waals surface area contributed by atoms with Gasteiger partial charge in [-0.3, -0.25) is 10.1 Å². The molecular weight excluding hydrogens is 522 g/mol. The van der Waals surface area contributed by atoms with Gasteiger partial charge in [-0.2, -0.15) is 4.99 Å². The Morgan fingerprint density at radius 3 is 2.10 bits per heavy atom. The van der Waals surface area contributed by atoms with Crippen molar-refractivity contribution in [3.8, 4) is 17.2 Å². The Bertz CT molecular complexity index is 1310. The summed E-state index contributed by atoms with van der Waals surface area (Å²) in [5.74, 6) is 2.44. The minimum atomic E-state index is -0.150. The fourth-order valence-corrected chi connectivity index (χ4v) is 4.34.